The van der Waals surface area contributed by atoms with Gasteiger partial charge in [-0.25, -0.2) is 0 Å². The Morgan fingerprint density at radius 2 is 2.00 bits per heavy atom. The number of hydrogen-bond acceptors (Lipinski definition) is 1. The van der Waals surface area contributed by atoms with E-state index in [1.807, 2.05) is 6.07 Å². The summed E-state index contributed by atoms with van der Waals surface area (Å²) in [6, 6.07) is 6.23. The van der Waals surface area contributed by atoms with Crippen LogP contribution < -0.4 is 5.32 Å². The van der Waals surface area contributed by atoms with Gasteiger partial charge in [0.15, 0.2) is 0 Å². The summed E-state index contributed by atoms with van der Waals surface area (Å²) < 4.78 is 0. The molecule has 0 aromatic heterocycles. The minimum Gasteiger partial charge on any atom is -0.356 e. The van der Waals surface area contributed by atoms with Gasteiger partial charge in [-0.05, 0) is 37.3 Å². The second-order valence-corrected chi connectivity index (χ2v) is 5.14. The van der Waals surface area contributed by atoms with E-state index in [4.69, 9.17) is 0 Å². The number of rotatable bonds is 5. The van der Waals surface area contributed by atoms with Crippen LogP contribution in [0, 0.1) is 19.8 Å². The third-order valence-corrected chi connectivity index (χ3v) is 2.89. The molecule has 0 aliphatic carbocycles. The van der Waals surface area contributed by atoms with Crippen LogP contribution in [0.25, 0.3) is 0 Å². The maximum Gasteiger partial charge on any atom is 0.224 e. The van der Waals surface area contributed by atoms with Gasteiger partial charge in [0.25, 0.3) is 0 Å². The molecule has 0 spiro atoms. The van der Waals surface area contributed by atoms with Gasteiger partial charge < -0.3 is 5.32 Å². The largest absolute Gasteiger partial charge is 0.356 e. The first-order chi connectivity index (χ1) is 7.99. The van der Waals surface area contributed by atoms with Crippen molar-refractivity contribution in [2.75, 3.05) is 6.54 Å². The van der Waals surface area contributed by atoms with Gasteiger partial charge >= 0.3 is 0 Å². The summed E-state index contributed by atoms with van der Waals surface area (Å²) in [5.41, 5.74) is 3.56. The quantitative estimate of drug-likeness (QED) is 0.832. The molecule has 94 valence electrons. The van der Waals surface area contributed by atoms with Gasteiger partial charge in [0, 0.05) is 6.54 Å². The fourth-order valence-electron chi connectivity index (χ4n) is 1.78. The van der Waals surface area contributed by atoms with E-state index in [9.17, 15) is 4.79 Å². The average Bonchev–Trinajstić information content (AvgIpc) is 2.21. The van der Waals surface area contributed by atoms with E-state index >= 15 is 0 Å². The molecule has 0 bridgehead atoms. The Morgan fingerprint density at radius 3 is 2.59 bits per heavy atom. The van der Waals surface area contributed by atoms with Crippen molar-refractivity contribution in [3.8, 4) is 0 Å². The molecule has 0 saturated carbocycles. The number of benzene rings is 1. The van der Waals surface area contributed by atoms with E-state index < -0.39 is 0 Å². The SMILES string of the molecule is Cc1ccc(CC(=O)NCCC(C)C)c(C)c1. The number of hydrogen-bond donors (Lipinski definition) is 1. The molecule has 0 aliphatic rings. The lowest BCUT2D eigenvalue weighted by atomic mass is 10.0. The second kappa shape index (κ2) is 6.43. The first-order valence-corrected chi connectivity index (χ1v) is 6.32. The number of carbonyl (C=O) groups is 1. The monoisotopic (exact) mass is 233 g/mol. The van der Waals surface area contributed by atoms with Crippen LogP contribution in [-0.4, -0.2) is 12.5 Å². The summed E-state index contributed by atoms with van der Waals surface area (Å²) in [5.74, 6) is 0.758. The van der Waals surface area contributed by atoms with Crippen molar-refractivity contribution in [3.05, 3.63) is 34.9 Å². The molecule has 1 aromatic carbocycles. The molecule has 1 N–H and O–H groups in total. The molecule has 0 atom stereocenters. The number of aryl methyl sites for hydroxylation is 2. The standard InChI is InChI=1S/C15H23NO/c1-11(2)7-8-16-15(17)10-14-6-5-12(3)9-13(14)4/h5-6,9,11H,7-8,10H2,1-4H3,(H,16,17). The third kappa shape index (κ3) is 5.03. The van der Waals surface area contributed by atoms with E-state index in [2.05, 4.69) is 45.1 Å². The van der Waals surface area contributed by atoms with Gasteiger partial charge in [0.2, 0.25) is 5.91 Å². The minimum atomic E-state index is 0.123. The zero-order valence-corrected chi connectivity index (χ0v) is 11.3. The molecule has 0 unspecified atom stereocenters. The predicted molar refractivity (Wildman–Crippen MR) is 72.1 cm³/mol. The second-order valence-electron chi connectivity index (χ2n) is 5.14. The van der Waals surface area contributed by atoms with Gasteiger partial charge in [-0.1, -0.05) is 37.6 Å². The van der Waals surface area contributed by atoms with E-state index in [1.54, 1.807) is 0 Å². The predicted octanol–water partition coefficient (Wildman–Crippen LogP) is 3.01. The molecular weight excluding hydrogens is 210 g/mol. The number of carbonyl (C=O) groups excluding carboxylic acids is 1. The lowest BCUT2D eigenvalue weighted by Crippen LogP contribution is -2.27. The maximum atomic E-state index is 11.7. The van der Waals surface area contributed by atoms with Crippen LogP contribution in [0.3, 0.4) is 0 Å². The van der Waals surface area contributed by atoms with Gasteiger partial charge in [0.1, 0.15) is 0 Å². The lowest BCUT2D eigenvalue weighted by molar-refractivity contribution is -0.120. The molecule has 0 heterocycles. The zero-order chi connectivity index (χ0) is 12.8. The Hall–Kier alpha value is -1.31. The first-order valence-electron chi connectivity index (χ1n) is 6.32. The summed E-state index contributed by atoms with van der Waals surface area (Å²) in [4.78, 5) is 11.7. The number of amides is 1. The minimum absolute atomic E-state index is 0.123. The molecule has 0 saturated heterocycles. The zero-order valence-electron chi connectivity index (χ0n) is 11.3. The third-order valence-electron chi connectivity index (χ3n) is 2.89. The van der Waals surface area contributed by atoms with Gasteiger partial charge in [-0.3, -0.25) is 4.79 Å². The summed E-state index contributed by atoms with van der Waals surface area (Å²) in [7, 11) is 0. The highest BCUT2D eigenvalue weighted by atomic mass is 16.1. The number of nitrogens with one attached hydrogen (secondary N) is 1. The van der Waals surface area contributed by atoms with Crippen molar-refractivity contribution in [1.29, 1.82) is 0 Å². The molecule has 17 heavy (non-hydrogen) atoms. The van der Waals surface area contributed by atoms with Crippen molar-refractivity contribution in [2.45, 2.75) is 40.5 Å². The molecule has 1 amide bonds. The fraction of sp³-hybridized carbons (Fsp3) is 0.533. The molecule has 1 aromatic rings. The molecule has 1 rings (SSSR count). The Bertz CT molecular complexity index is 383. The fourth-order valence-corrected chi connectivity index (χ4v) is 1.78. The molecular formula is C15H23NO. The molecule has 2 nitrogen and oxygen atoms in total. The van der Waals surface area contributed by atoms with Crippen molar-refractivity contribution in [3.63, 3.8) is 0 Å². The van der Waals surface area contributed by atoms with Crippen LogP contribution in [0.2, 0.25) is 0 Å². The normalized spacial score (nSPS) is 10.6. The lowest BCUT2D eigenvalue weighted by Gasteiger charge is -2.09. The highest BCUT2D eigenvalue weighted by molar-refractivity contribution is 5.78. The van der Waals surface area contributed by atoms with Crippen LogP contribution in [0.4, 0.5) is 0 Å². The summed E-state index contributed by atoms with van der Waals surface area (Å²) >= 11 is 0. The Balaban J connectivity index is 2.45. The molecule has 0 aliphatic heterocycles. The topological polar surface area (TPSA) is 29.1 Å². The average molecular weight is 233 g/mol. The van der Waals surface area contributed by atoms with Crippen molar-refractivity contribution < 1.29 is 4.79 Å². The molecule has 0 radical (unpaired) electrons. The Kier molecular flexibility index (Phi) is 5.20. The van der Waals surface area contributed by atoms with Crippen molar-refractivity contribution in [1.82, 2.24) is 5.32 Å². The van der Waals surface area contributed by atoms with Crippen LogP contribution in [0.1, 0.15) is 37.0 Å². The van der Waals surface area contributed by atoms with Crippen molar-refractivity contribution in [2.24, 2.45) is 5.92 Å². The van der Waals surface area contributed by atoms with E-state index in [1.165, 1.54) is 11.1 Å². The van der Waals surface area contributed by atoms with E-state index in [0.29, 0.717) is 12.3 Å². The van der Waals surface area contributed by atoms with Crippen LogP contribution in [0.15, 0.2) is 18.2 Å². The summed E-state index contributed by atoms with van der Waals surface area (Å²) in [5, 5.41) is 2.97. The van der Waals surface area contributed by atoms with Gasteiger partial charge in [0.05, 0.1) is 6.42 Å². The van der Waals surface area contributed by atoms with Crippen LogP contribution >= 0.6 is 0 Å². The maximum absolute atomic E-state index is 11.7. The summed E-state index contributed by atoms with van der Waals surface area (Å²) in [6.07, 6.45) is 1.53. The van der Waals surface area contributed by atoms with E-state index in [0.717, 1.165) is 18.5 Å². The van der Waals surface area contributed by atoms with E-state index in [-0.39, 0.29) is 5.91 Å². The Morgan fingerprint density at radius 1 is 1.29 bits per heavy atom. The van der Waals surface area contributed by atoms with Gasteiger partial charge in [-0.15, -0.1) is 0 Å². The molecule has 2 heteroatoms. The smallest absolute Gasteiger partial charge is 0.224 e. The van der Waals surface area contributed by atoms with Crippen LogP contribution in [0.5, 0.6) is 0 Å². The Labute approximate surface area is 104 Å². The highest BCUT2D eigenvalue weighted by Crippen LogP contribution is 2.11. The molecule has 0 fully saturated rings. The highest BCUT2D eigenvalue weighted by Gasteiger charge is 2.05. The first kappa shape index (κ1) is 13.8. The summed E-state index contributed by atoms with van der Waals surface area (Å²) in [6.45, 7) is 9.23. The van der Waals surface area contributed by atoms with Gasteiger partial charge in [-0.2, -0.15) is 0 Å². The van der Waals surface area contributed by atoms with Crippen LogP contribution in [-0.2, 0) is 11.2 Å². The van der Waals surface area contributed by atoms with Crippen molar-refractivity contribution >= 4 is 5.91 Å².